The van der Waals surface area contributed by atoms with Gasteiger partial charge < -0.3 is 14.8 Å². The van der Waals surface area contributed by atoms with Crippen LogP contribution in [0.15, 0.2) is 36.1 Å². The molecule has 1 aliphatic heterocycles. The van der Waals surface area contributed by atoms with E-state index in [2.05, 4.69) is 20.9 Å². The fraction of sp³-hybridized carbons (Fsp3) is 0.412. The molecule has 1 unspecified atom stereocenters. The Morgan fingerprint density at radius 2 is 2.33 bits per heavy atom. The van der Waals surface area contributed by atoms with Crippen molar-refractivity contribution in [3.05, 3.63) is 47.5 Å². The van der Waals surface area contributed by atoms with E-state index in [-0.39, 0.29) is 12.1 Å². The zero-order valence-corrected chi connectivity index (χ0v) is 14.5. The number of nitrogens with zero attached hydrogens (tertiary/aromatic N) is 4. The summed E-state index contributed by atoms with van der Waals surface area (Å²) in [6, 6.07) is 4.30. The molecule has 126 valence electrons. The Labute approximate surface area is 144 Å². The molecule has 1 atom stereocenters. The Kier molecular flexibility index (Phi) is 4.02. The van der Waals surface area contributed by atoms with E-state index in [0.717, 1.165) is 36.5 Å². The van der Waals surface area contributed by atoms with E-state index in [1.54, 1.807) is 11.3 Å². The molecule has 1 fully saturated rings. The summed E-state index contributed by atoms with van der Waals surface area (Å²) in [6.07, 6.45) is 9.24. The molecule has 3 aromatic rings. The second-order valence-corrected chi connectivity index (χ2v) is 7.11. The van der Waals surface area contributed by atoms with Gasteiger partial charge in [-0.1, -0.05) is 0 Å². The van der Waals surface area contributed by atoms with Gasteiger partial charge in [0.05, 0.1) is 18.3 Å². The van der Waals surface area contributed by atoms with Gasteiger partial charge in [0.2, 0.25) is 0 Å². The quantitative estimate of drug-likeness (QED) is 0.794. The Morgan fingerprint density at radius 3 is 3.12 bits per heavy atom. The van der Waals surface area contributed by atoms with Crippen molar-refractivity contribution in [2.45, 2.75) is 31.8 Å². The van der Waals surface area contributed by atoms with Gasteiger partial charge in [-0.2, -0.15) is 0 Å². The number of amides is 2. The van der Waals surface area contributed by atoms with Crippen LogP contribution in [0.1, 0.15) is 36.7 Å². The van der Waals surface area contributed by atoms with Crippen LogP contribution >= 0.6 is 11.3 Å². The molecule has 1 saturated heterocycles. The van der Waals surface area contributed by atoms with Gasteiger partial charge >= 0.3 is 6.03 Å². The summed E-state index contributed by atoms with van der Waals surface area (Å²) in [5.41, 5.74) is 2.09. The third-order valence-electron chi connectivity index (χ3n) is 4.65. The van der Waals surface area contributed by atoms with E-state index in [1.165, 1.54) is 5.69 Å². The van der Waals surface area contributed by atoms with E-state index in [4.69, 9.17) is 0 Å². The molecule has 7 heteroatoms. The maximum atomic E-state index is 12.7. The number of likely N-dealkylation sites (tertiary alicyclic amines) is 1. The lowest BCUT2D eigenvalue weighted by molar-refractivity contribution is 0.148. The molecule has 0 aromatic carbocycles. The van der Waals surface area contributed by atoms with Crippen molar-refractivity contribution in [3.8, 4) is 0 Å². The van der Waals surface area contributed by atoms with Crippen molar-refractivity contribution in [2.75, 3.05) is 6.54 Å². The summed E-state index contributed by atoms with van der Waals surface area (Å²) >= 11 is 1.60. The van der Waals surface area contributed by atoms with Gasteiger partial charge in [-0.05, 0) is 31.4 Å². The van der Waals surface area contributed by atoms with Crippen molar-refractivity contribution >= 4 is 22.3 Å². The topological polar surface area (TPSA) is 54.6 Å². The van der Waals surface area contributed by atoms with Crippen molar-refractivity contribution < 1.29 is 4.79 Å². The smallest absolute Gasteiger partial charge is 0.318 e. The number of hydrogen-bond donors (Lipinski definition) is 1. The molecule has 4 heterocycles. The van der Waals surface area contributed by atoms with Gasteiger partial charge in [-0.15, -0.1) is 11.3 Å². The van der Waals surface area contributed by atoms with Crippen LogP contribution in [-0.4, -0.2) is 31.4 Å². The maximum Gasteiger partial charge on any atom is 0.318 e. The molecule has 1 N–H and O–H groups in total. The van der Waals surface area contributed by atoms with Crippen molar-refractivity contribution in [1.29, 1.82) is 0 Å². The summed E-state index contributed by atoms with van der Waals surface area (Å²) < 4.78 is 4.10. The number of imidazole rings is 1. The number of carbonyl (C=O) groups is 1. The number of hydrogen-bond acceptors (Lipinski definition) is 3. The average Bonchev–Trinajstić information content (AvgIpc) is 3.28. The third kappa shape index (κ3) is 2.80. The Balaban J connectivity index is 1.45. The summed E-state index contributed by atoms with van der Waals surface area (Å²) in [5.74, 6) is 0. The van der Waals surface area contributed by atoms with E-state index >= 15 is 0 Å². The largest absolute Gasteiger partial charge is 0.353 e. The molecule has 0 radical (unpaired) electrons. The summed E-state index contributed by atoms with van der Waals surface area (Å²) in [6.45, 7) is 1.27. The lowest BCUT2D eigenvalue weighted by Gasteiger charge is -2.36. The molecular weight excluding hydrogens is 322 g/mol. The number of fused-ring (bicyclic) bond motifs is 1. The monoisotopic (exact) mass is 343 g/mol. The first-order valence-corrected chi connectivity index (χ1v) is 9.17. The standard InChI is InChI=1S/C17H21N5OS/c1-20-7-4-6-14(20)15-5-2-3-8-22(15)16(23)18-11-13-12-21-9-10-24-17(21)19-13/h4,6-7,9-10,12,15H,2-3,5,8,11H2,1H3,(H,18,23). The van der Waals surface area contributed by atoms with Crippen LogP contribution < -0.4 is 5.32 Å². The Hall–Kier alpha value is -2.28. The van der Waals surface area contributed by atoms with Crippen molar-refractivity contribution in [1.82, 2.24) is 24.2 Å². The van der Waals surface area contributed by atoms with Crippen LogP contribution in [0.4, 0.5) is 4.79 Å². The van der Waals surface area contributed by atoms with Gasteiger partial charge in [0.25, 0.3) is 0 Å². The highest BCUT2D eigenvalue weighted by molar-refractivity contribution is 7.15. The second kappa shape index (κ2) is 6.32. The number of rotatable bonds is 3. The highest BCUT2D eigenvalue weighted by Crippen LogP contribution is 2.30. The van der Waals surface area contributed by atoms with Crippen molar-refractivity contribution in [3.63, 3.8) is 0 Å². The molecule has 3 aromatic heterocycles. The SMILES string of the molecule is Cn1cccc1C1CCCCN1C(=O)NCc1cn2ccsc2n1. The fourth-order valence-electron chi connectivity index (χ4n) is 3.43. The number of aromatic nitrogens is 3. The molecule has 0 aliphatic carbocycles. The number of thiazole rings is 1. The minimum atomic E-state index is -0.00254. The van der Waals surface area contributed by atoms with Gasteiger partial charge in [-0.3, -0.25) is 4.40 Å². The van der Waals surface area contributed by atoms with Gasteiger partial charge in [0.15, 0.2) is 4.96 Å². The zero-order valence-electron chi connectivity index (χ0n) is 13.7. The highest BCUT2D eigenvalue weighted by atomic mass is 32.1. The minimum Gasteiger partial charge on any atom is -0.353 e. The van der Waals surface area contributed by atoms with Crippen LogP contribution in [0.25, 0.3) is 4.96 Å². The van der Waals surface area contributed by atoms with E-state index < -0.39 is 0 Å². The lowest BCUT2D eigenvalue weighted by atomic mass is 10.00. The van der Waals surface area contributed by atoms with Gasteiger partial charge in [-0.25, -0.2) is 9.78 Å². The summed E-state index contributed by atoms with van der Waals surface area (Å²) in [4.78, 5) is 20.2. The molecule has 4 rings (SSSR count). The van der Waals surface area contributed by atoms with E-state index in [0.29, 0.717) is 6.54 Å². The van der Waals surface area contributed by atoms with Crippen LogP contribution in [0.5, 0.6) is 0 Å². The number of nitrogens with one attached hydrogen (secondary N) is 1. The molecule has 6 nitrogen and oxygen atoms in total. The van der Waals surface area contributed by atoms with Crippen LogP contribution in [0, 0.1) is 0 Å². The minimum absolute atomic E-state index is 0.00254. The first-order valence-electron chi connectivity index (χ1n) is 8.29. The van der Waals surface area contributed by atoms with Crippen molar-refractivity contribution in [2.24, 2.45) is 7.05 Å². The number of carbonyl (C=O) groups excluding carboxylic acids is 1. The maximum absolute atomic E-state index is 12.7. The normalized spacial score (nSPS) is 18.2. The molecule has 1 aliphatic rings. The van der Waals surface area contributed by atoms with E-state index in [1.807, 2.05) is 46.4 Å². The van der Waals surface area contributed by atoms with Crippen LogP contribution in [0.2, 0.25) is 0 Å². The number of aryl methyl sites for hydroxylation is 1. The third-order valence-corrected chi connectivity index (χ3v) is 5.42. The lowest BCUT2D eigenvalue weighted by Crippen LogP contribution is -2.44. The predicted octanol–water partition coefficient (Wildman–Crippen LogP) is 3.17. The van der Waals surface area contributed by atoms with Gasteiger partial charge in [0.1, 0.15) is 0 Å². The Bertz CT molecular complexity index is 820. The zero-order chi connectivity index (χ0) is 16.5. The van der Waals surface area contributed by atoms with Crippen LogP contribution in [-0.2, 0) is 13.6 Å². The molecule has 0 saturated carbocycles. The molecule has 0 bridgehead atoms. The van der Waals surface area contributed by atoms with Crippen LogP contribution in [0.3, 0.4) is 0 Å². The first-order chi connectivity index (χ1) is 11.7. The second-order valence-electron chi connectivity index (χ2n) is 6.23. The molecular formula is C17H21N5OS. The summed E-state index contributed by atoms with van der Waals surface area (Å²) in [5, 5.41) is 5.04. The Morgan fingerprint density at radius 1 is 1.42 bits per heavy atom. The molecule has 24 heavy (non-hydrogen) atoms. The summed E-state index contributed by atoms with van der Waals surface area (Å²) in [7, 11) is 2.04. The molecule has 2 amide bonds. The number of urea groups is 1. The average molecular weight is 343 g/mol. The molecule has 0 spiro atoms. The fourth-order valence-corrected chi connectivity index (χ4v) is 4.15. The van der Waals surface area contributed by atoms with E-state index in [9.17, 15) is 4.79 Å². The first kappa shape index (κ1) is 15.3. The predicted molar refractivity (Wildman–Crippen MR) is 94.0 cm³/mol. The van der Waals surface area contributed by atoms with Gasteiger partial charge in [0, 0.05) is 43.3 Å². The number of piperidine rings is 1. The highest BCUT2D eigenvalue weighted by Gasteiger charge is 2.29.